The Morgan fingerprint density at radius 2 is 2.23 bits per heavy atom. The number of urea groups is 1. The van der Waals surface area contributed by atoms with Crippen LogP contribution in [0.5, 0.6) is 0 Å². The van der Waals surface area contributed by atoms with Crippen molar-refractivity contribution in [2.75, 3.05) is 0 Å². The number of primary amides is 1. The first-order chi connectivity index (χ1) is 6.09. The predicted octanol–water partition coefficient (Wildman–Crippen LogP) is 1.47. The van der Waals surface area contributed by atoms with E-state index in [0.717, 1.165) is 30.9 Å². The van der Waals surface area contributed by atoms with E-state index in [-0.39, 0.29) is 0 Å². The number of carbonyl (C=O) groups excluding carboxylic acids is 1. The summed E-state index contributed by atoms with van der Waals surface area (Å²) in [5.74, 6) is 1.41. The average Bonchev–Trinajstić information content (AvgIpc) is 2.07. The highest BCUT2D eigenvalue weighted by Crippen LogP contribution is 2.27. The summed E-state index contributed by atoms with van der Waals surface area (Å²) in [6, 6.07) is -0.584. The van der Waals surface area contributed by atoms with E-state index in [9.17, 15) is 4.79 Å². The number of hydrazone groups is 1. The minimum absolute atomic E-state index is 0.584. The largest absolute Gasteiger partial charge is 0.350 e. The third kappa shape index (κ3) is 3.05. The van der Waals surface area contributed by atoms with E-state index in [2.05, 4.69) is 24.4 Å². The zero-order chi connectivity index (χ0) is 9.84. The smallest absolute Gasteiger partial charge is 0.332 e. The first-order valence-corrected chi connectivity index (χ1v) is 4.70. The lowest BCUT2D eigenvalue weighted by Gasteiger charge is -2.26. The highest BCUT2D eigenvalue weighted by Gasteiger charge is 2.20. The summed E-state index contributed by atoms with van der Waals surface area (Å²) in [7, 11) is 0. The second-order valence-electron chi connectivity index (χ2n) is 3.85. The van der Waals surface area contributed by atoms with Gasteiger partial charge in [0.05, 0.1) is 0 Å². The van der Waals surface area contributed by atoms with Crippen molar-refractivity contribution in [3.8, 4) is 0 Å². The van der Waals surface area contributed by atoms with Crippen LogP contribution in [0.25, 0.3) is 0 Å². The lowest BCUT2D eigenvalue weighted by atomic mass is 9.81. The maximum absolute atomic E-state index is 10.4. The molecule has 0 spiro atoms. The molecule has 0 saturated heterocycles. The molecule has 3 N–H and O–H groups in total. The minimum atomic E-state index is -0.584. The van der Waals surface area contributed by atoms with Gasteiger partial charge in [-0.1, -0.05) is 13.8 Å². The monoisotopic (exact) mass is 183 g/mol. The van der Waals surface area contributed by atoms with Gasteiger partial charge in [0, 0.05) is 5.71 Å². The van der Waals surface area contributed by atoms with Crippen molar-refractivity contribution < 1.29 is 4.79 Å². The maximum Gasteiger partial charge on any atom is 0.332 e. The summed E-state index contributed by atoms with van der Waals surface area (Å²) < 4.78 is 0. The molecule has 1 aliphatic carbocycles. The molecule has 74 valence electrons. The number of nitrogens with one attached hydrogen (secondary N) is 1. The van der Waals surface area contributed by atoms with Gasteiger partial charge in [0.25, 0.3) is 0 Å². The van der Waals surface area contributed by atoms with Crippen LogP contribution >= 0.6 is 0 Å². The number of hydrogen-bond donors (Lipinski definition) is 2. The van der Waals surface area contributed by atoms with Crippen LogP contribution in [0.1, 0.15) is 33.1 Å². The molecular weight excluding hydrogens is 166 g/mol. The summed E-state index contributed by atoms with van der Waals surface area (Å²) in [6.45, 7) is 4.46. The van der Waals surface area contributed by atoms with Crippen LogP contribution in [0.3, 0.4) is 0 Å². The SMILES string of the molecule is CC1CC/C(=N/NC(N)=O)CC1C. The van der Waals surface area contributed by atoms with Gasteiger partial charge in [0.1, 0.15) is 0 Å². The number of rotatable bonds is 1. The summed E-state index contributed by atoms with van der Waals surface area (Å²) >= 11 is 0. The molecule has 1 aliphatic rings. The molecule has 2 unspecified atom stereocenters. The summed E-state index contributed by atoms with van der Waals surface area (Å²) in [4.78, 5) is 10.4. The number of hydrogen-bond acceptors (Lipinski definition) is 2. The molecule has 13 heavy (non-hydrogen) atoms. The van der Waals surface area contributed by atoms with Gasteiger partial charge in [0.2, 0.25) is 0 Å². The third-order valence-corrected chi connectivity index (χ3v) is 2.74. The Balaban J connectivity index is 2.45. The Hall–Kier alpha value is -1.06. The van der Waals surface area contributed by atoms with Crippen molar-refractivity contribution in [3.63, 3.8) is 0 Å². The maximum atomic E-state index is 10.4. The molecule has 2 amide bonds. The lowest BCUT2D eigenvalue weighted by molar-refractivity contribution is 0.249. The molecule has 1 saturated carbocycles. The Kier molecular flexibility index (Phi) is 3.28. The molecule has 1 rings (SSSR count). The van der Waals surface area contributed by atoms with E-state index in [1.807, 2.05) is 0 Å². The normalized spacial score (nSPS) is 31.7. The van der Waals surface area contributed by atoms with Crippen molar-refractivity contribution in [2.45, 2.75) is 33.1 Å². The van der Waals surface area contributed by atoms with Crippen molar-refractivity contribution >= 4 is 11.7 Å². The molecule has 0 aliphatic heterocycles. The highest BCUT2D eigenvalue weighted by molar-refractivity contribution is 5.86. The minimum Gasteiger partial charge on any atom is -0.350 e. The summed E-state index contributed by atoms with van der Waals surface area (Å²) in [5, 5.41) is 3.96. The number of nitrogens with zero attached hydrogens (tertiary/aromatic N) is 1. The molecule has 0 heterocycles. The molecule has 4 nitrogen and oxygen atoms in total. The topological polar surface area (TPSA) is 67.5 Å². The summed E-state index contributed by atoms with van der Waals surface area (Å²) in [6.07, 6.45) is 3.10. The molecule has 4 heteroatoms. The van der Waals surface area contributed by atoms with Crippen LogP contribution < -0.4 is 11.2 Å². The number of carbonyl (C=O) groups is 1. The molecule has 0 aromatic carbocycles. The molecule has 2 atom stereocenters. The van der Waals surface area contributed by atoms with E-state index >= 15 is 0 Å². The van der Waals surface area contributed by atoms with Crippen LogP contribution in [0.4, 0.5) is 4.79 Å². The Morgan fingerprint density at radius 1 is 1.54 bits per heavy atom. The fourth-order valence-corrected chi connectivity index (χ4v) is 1.59. The van der Waals surface area contributed by atoms with E-state index < -0.39 is 6.03 Å². The van der Waals surface area contributed by atoms with Gasteiger partial charge < -0.3 is 5.73 Å². The quantitative estimate of drug-likeness (QED) is 0.594. The molecule has 0 aromatic rings. The average molecular weight is 183 g/mol. The first-order valence-electron chi connectivity index (χ1n) is 4.70. The third-order valence-electron chi connectivity index (χ3n) is 2.74. The standard InChI is InChI=1S/C9H17N3O/c1-6-3-4-8(5-7(6)2)11-12-9(10)13/h6-7H,3-5H2,1-2H3,(H3,10,12,13)/b11-8-. The zero-order valence-electron chi connectivity index (χ0n) is 8.21. The lowest BCUT2D eigenvalue weighted by Crippen LogP contribution is -2.28. The second kappa shape index (κ2) is 4.25. The first kappa shape index (κ1) is 10.0. The van der Waals surface area contributed by atoms with Crippen LogP contribution in [0.15, 0.2) is 5.10 Å². The van der Waals surface area contributed by atoms with E-state index in [4.69, 9.17) is 5.73 Å². The molecule has 0 aromatic heterocycles. The Labute approximate surface area is 78.6 Å². The predicted molar refractivity (Wildman–Crippen MR) is 52.3 cm³/mol. The van der Waals surface area contributed by atoms with E-state index in [1.165, 1.54) is 0 Å². The Morgan fingerprint density at radius 3 is 2.77 bits per heavy atom. The van der Waals surface area contributed by atoms with Crippen molar-refractivity contribution in [3.05, 3.63) is 0 Å². The van der Waals surface area contributed by atoms with Gasteiger partial charge in [0.15, 0.2) is 0 Å². The van der Waals surface area contributed by atoms with Crippen LogP contribution in [0, 0.1) is 11.8 Å². The van der Waals surface area contributed by atoms with Crippen LogP contribution in [0.2, 0.25) is 0 Å². The van der Waals surface area contributed by atoms with Gasteiger partial charge in [-0.05, 0) is 31.1 Å². The highest BCUT2D eigenvalue weighted by atomic mass is 16.2. The number of amides is 2. The second-order valence-corrected chi connectivity index (χ2v) is 3.85. The Bertz CT molecular complexity index is 225. The van der Waals surface area contributed by atoms with Gasteiger partial charge >= 0.3 is 6.03 Å². The van der Waals surface area contributed by atoms with Crippen molar-refractivity contribution in [1.29, 1.82) is 0 Å². The van der Waals surface area contributed by atoms with Gasteiger partial charge in [-0.15, -0.1) is 0 Å². The molecule has 1 fully saturated rings. The van der Waals surface area contributed by atoms with Crippen molar-refractivity contribution in [1.82, 2.24) is 5.43 Å². The molecule has 0 radical (unpaired) electrons. The summed E-state index contributed by atoms with van der Waals surface area (Å²) in [5.41, 5.74) is 8.25. The van der Waals surface area contributed by atoms with Gasteiger partial charge in [-0.2, -0.15) is 5.10 Å². The van der Waals surface area contributed by atoms with Crippen LogP contribution in [-0.4, -0.2) is 11.7 Å². The fraction of sp³-hybridized carbons (Fsp3) is 0.778. The number of nitrogens with two attached hydrogens (primary N) is 1. The zero-order valence-corrected chi connectivity index (χ0v) is 8.21. The molecule has 0 bridgehead atoms. The van der Waals surface area contributed by atoms with E-state index in [0.29, 0.717) is 5.92 Å². The van der Waals surface area contributed by atoms with Crippen molar-refractivity contribution in [2.24, 2.45) is 22.7 Å². The molecular formula is C9H17N3O. The van der Waals surface area contributed by atoms with Gasteiger partial charge in [-0.25, -0.2) is 10.2 Å². The fourth-order valence-electron chi connectivity index (χ4n) is 1.59. The van der Waals surface area contributed by atoms with Gasteiger partial charge in [-0.3, -0.25) is 0 Å². The van der Waals surface area contributed by atoms with E-state index in [1.54, 1.807) is 0 Å². The van der Waals surface area contributed by atoms with Crippen LogP contribution in [-0.2, 0) is 0 Å².